The first-order valence-corrected chi connectivity index (χ1v) is 6.53. The maximum absolute atomic E-state index is 11.5. The number of carbonyl (C=O) groups is 1. The molecule has 2 aromatic rings. The van der Waals surface area contributed by atoms with Crippen LogP contribution >= 0.6 is 0 Å². The molecule has 0 amide bonds. The van der Waals surface area contributed by atoms with Crippen LogP contribution in [-0.4, -0.2) is 15.7 Å². The molecule has 4 nitrogen and oxygen atoms in total. The molecule has 1 fully saturated rings. The summed E-state index contributed by atoms with van der Waals surface area (Å²) in [6, 6.07) is 6.15. The summed E-state index contributed by atoms with van der Waals surface area (Å²) >= 11 is 0. The van der Waals surface area contributed by atoms with Crippen LogP contribution in [0.2, 0.25) is 0 Å². The number of rotatable bonds is 2. The smallest absolute Gasteiger partial charge is 0.334 e. The Morgan fingerprint density at radius 2 is 2.25 bits per heavy atom. The summed E-state index contributed by atoms with van der Waals surface area (Å²) in [4.78, 5) is 11.5. The highest BCUT2D eigenvalue weighted by atomic mass is 16.5. The lowest BCUT2D eigenvalue weighted by Crippen LogP contribution is -2.01. The number of benzene rings is 1. The maximum Gasteiger partial charge on any atom is 0.334 e. The Balaban J connectivity index is 2.07. The standard InChI is InChI=1S/C16H16N2O2/c1-10-4-5-13(15-7-11(2)16(19)20-15)14(6-10)12-8-17-18(3)9-12/h4-6,8-9,15H,2,7H2,1,3H3. The average molecular weight is 268 g/mol. The van der Waals surface area contributed by atoms with E-state index in [0.717, 1.165) is 22.3 Å². The Kier molecular flexibility index (Phi) is 2.93. The number of nitrogens with zero attached hydrogens (tertiary/aromatic N) is 2. The molecule has 102 valence electrons. The normalized spacial score (nSPS) is 18.4. The van der Waals surface area contributed by atoms with E-state index in [1.165, 1.54) is 0 Å². The lowest BCUT2D eigenvalue weighted by atomic mass is 9.94. The molecule has 2 heterocycles. The van der Waals surface area contributed by atoms with Gasteiger partial charge in [0.15, 0.2) is 0 Å². The van der Waals surface area contributed by atoms with Crippen molar-refractivity contribution in [2.45, 2.75) is 19.4 Å². The third-order valence-electron chi connectivity index (χ3n) is 3.54. The molecule has 1 atom stereocenters. The van der Waals surface area contributed by atoms with Crippen molar-refractivity contribution in [3.63, 3.8) is 0 Å². The minimum atomic E-state index is -0.298. The lowest BCUT2D eigenvalue weighted by molar-refractivity contribution is -0.139. The number of hydrogen-bond donors (Lipinski definition) is 0. The average Bonchev–Trinajstić information content (AvgIpc) is 2.97. The van der Waals surface area contributed by atoms with Crippen molar-refractivity contribution in [2.24, 2.45) is 7.05 Å². The highest BCUT2D eigenvalue weighted by Gasteiger charge is 2.30. The van der Waals surface area contributed by atoms with Gasteiger partial charge >= 0.3 is 5.97 Å². The zero-order valence-electron chi connectivity index (χ0n) is 11.6. The Morgan fingerprint density at radius 1 is 1.45 bits per heavy atom. The molecule has 1 saturated heterocycles. The van der Waals surface area contributed by atoms with Gasteiger partial charge in [0.05, 0.1) is 6.20 Å². The molecule has 1 aromatic carbocycles. The Hall–Kier alpha value is -2.36. The van der Waals surface area contributed by atoms with E-state index in [-0.39, 0.29) is 12.1 Å². The minimum Gasteiger partial charge on any atom is -0.454 e. The molecular formula is C16H16N2O2. The van der Waals surface area contributed by atoms with Crippen molar-refractivity contribution >= 4 is 5.97 Å². The Morgan fingerprint density at radius 3 is 2.85 bits per heavy atom. The van der Waals surface area contributed by atoms with Gasteiger partial charge in [0.2, 0.25) is 0 Å². The Labute approximate surface area is 117 Å². The minimum absolute atomic E-state index is 0.245. The zero-order chi connectivity index (χ0) is 14.3. The van der Waals surface area contributed by atoms with Gasteiger partial charge in [0.1, 0.15) is 6.10 Å². The van der Waals surface area contributed by atoms with E-state index in [2.05, 4.69) is 17.7 Å². The molecule has 0 aliphatic carbocycles. The van der Waals surface area contributed by atoms with Crippen molar-refractivity contribution in [3.05, 3.63) is 53.9 Å². The summed E-state index contributed by atoms with van der Waals surface area (Å²) in [7, 11) is 1.89. The van der Waals surface area contributed by atoms with Gasteiger partial charge in [-0.1, -0.05) is 30.3 Å². The topological polar surface area (TPSA) is 44.1 Å². The second-order valence-corrected chi connectivity index (χ2v) is 5.20. The molecule has 3 rings (SSSR count). The van der Waals surface area contributed by atoms with Crippen molar-refractivity contribution in [1.82, 2.24) is 9.78 Å². The van der Waals surface area contributed by atoms with Crippen LogP contribution in [0.3, 0.4) is 0 Å². The molecule has 0 spiro atoms. The summed E-state index contributed by atoms with van der Waals surface area (Å²) in [6.45, 7) is 5.79. The number of aromatic nitrogens is 2. The fraction of sp³-hybridized carbons (Fsp3) is 0.250. The highest BCUT2D eigenvalue weighted by molar-refractivity contribution is 5.90. The van der Waals surface area contributed by atoms with E-state index < -0.39 is 0 Å². The van der Waals surface area contributed by atoms with E-state index in [1.807, 2.05) is 38.5 Å². The van der Waals surface area contributed by atoms with E-state index in [4.69, 9.17) is 4.74 Å². The van der Waals surface area contributed by atoms with Crippen molar-refractivity contribution in [2.75, 3.05) is 0 Å². The number of aryl methyl sites for hydroxylation is 2. The van der Waals surface area contributed by atoms with Crippen LogP contribution in [0.15, 0.2) is 42.7 Å². The second-order valence-electron chi connectivity index (χ2n) is 5.20. The van der Waals surface area contributed by atoms with Gasteiger partial charge in [0.25, 0.3) is 0 Å². The number of esters is 1. The molecule has 0 saturated carbocycles. The van der Waals surface area contributed by atoms with E-state index in [1.54, 1.807) is 4.68 Å². The van der Waals surface area contributed by atoms with Crippen LogP contribution < -0.4 is 0 Å². The van der Waals surface area contributed by atoms with Crippen LogP contribution in [-0.2, 0) is 16.6 Å². The largest absolute Gasteiger partial charge is 0.454 e. The molecule has 0 N–H and O–H groups in total. The van der Waals surface area contributed by atoms with Gasteiger partial charge in [-0.2, -0.15) is 5.10 Å². The first-order valence-electron chi connectivity index (χ1n) is 6.53. The predicted octanol–water partition coefficient (Wildman–Crippen LogP) is 2.94. The van der Waals surface area contributed by atoms with E-state index in [0.29, 0.717) is 12.0 Å². The van der Waals surface area contributed by atoms with Gasteiger partial charge in [0, 0.05) is 36.4 Å². The van der Waals surface area contributed by atoms with Crippen LogP contribution in [0.4, 0.5) is 0 Å². The van der Waals surface area contributed by atoms with E-state index >= 15 is 0 Å². The fourth-order valence-corrected chi connectivity index (χ4v) is 2.50. The van der Waals surface area contributed by atoms with Crippen LogP contribution in [0.5, 0.6) is 0 Å². The quantitative estimate of drug-likeness (QED) is 0.621. The van der Waals surface area contributed by atoms with Crippen LogP contribution in [0, 0.1) is 6.92 Å². The van der Waals surface area contributed by atoms with Gasteiger partial charge in [-0.05, 0) is 12.5 Å². The summed E-state index contributed by atoms with van der Waals surface area (Å²) in [5.74, 6) is -0.298. The molecule has 4 heteroatoms. The van der Waals surface area contributed by atoms with Crippen LogP contribution in [0.1, 0.15) is 23.7 Å². The van der Waals surface area contributed by atoms with Gasteiger partial charge in [-0.25, -0.2) is 4.79 Å². The maximum atomic E-state index is 11.5. The van der Waals surface area contributed by atoms with E-state index in [9.17, 15) is 4.79 Å². The summed E-state index contributed by atoms with van der Waals surface area (Å²) < 4.78 is 7.17. The monoisotopic (exact) mass is 268 g/mol. The number of ether oxygens (including phenoxy) is 1. The van der Waals surface area contributed by atoms with Crippen molar-refractivity contribution in [1.29, 1.82) is 0 Å². The third kappa shape index (κ3) is 2.13. The zero-order valence-corrected chi connectivity index (χ0v) is 11.6. The van der Waals surface area contributed by atoms with Crippen molar-refractivity contribution < 1.29 is 9.53 Å². The molecule has 1 aliphatic heterocycles. The number of carbonyl (C=O) groups excluding carboxylic acids is 1. The molecule has 20 heavy (non-hydrogen) atoms. The predicted molar refractivity (Wildman–Crippen MR) is 76.0 cm³/mol. The molecule has 1 aliphatic rings. The summed E-state index contributed by atoms with van der Waals surface area (Å²) in [6.07, 6.45) is 4.09. The summed E-state index contributed by atoms with van der Waals surface area (Å²) in [5.41, 5.74) is 4.80. The Bertz CT molecular complexity index is 684. The SMILES string of the molecule is C=C1CC(c2ccc(C)cc2-c2cnn(C)c2)OC1=O. The van der Waals surface area contributed by atoms with Crippen LogP contribution in [0.25, 0.3) is 11.1 Å². The highest BCUT2D eigenvalue weighted by Crippen LogP contribution is 2.38. The van der Waals surface area contributed by atoms with Gasteiger partial charge < -0.3 is 4.74 Å². The first kappa shape index (κ1) is 12.7. The summed E-state index contributed by atoms with van der Waals surface area (Å²) in [5, 5.41) is 4.21. The number of cyclic esters (lactones) is 1. The molecule has 0 radical (unpaired) electrons. The molecule has 1 unspecified atom stereocenters. The second kappa shape index (κ2) is 4.63. The molecule has 1 aromatic heterocycles. The van der Waals surface area contributed by atoms with Crippen molar-refractivity contribution in [3.8, 4) is 11.1 Å². The van der Waals surface area contributed by atoms with Gasteiger partial charge in [-0.15, -0.1) is 0 Å². The van der Waals surface area contributed by atoms with Gasteiger partial charge in [-0.3, -0.25) is 4.68 Å². The first-order chi connectivity index (χ1) is 9.54. The molecule has 0 bridgehead atoms. The third-order valence-corrected chi connectivity index (χ3v) is 3.54. The molecular weight excluding hydrogens is 252 g/mol. The fourth-order valence-electron chi connectivity index (χ4n) is 2.50. The number of hydrogen-bond acceptors (Lipinski definition) is 3. The lowest BCUT2D eigenvalue weighted by Gasteiger charge is -2.14.